The summed E-state index contributed by atoms with van der Waals surface area (Å²) in [6, 6.07) is 0. The zero-order valence-corrected chi connectivity index (χ0v) is 13.0. The Kier molecular flexibility index (Phi) is 9.56. The zero-order chi connectivity index (χ0) is 13.3. The van der Waals surface area contributed by atoms with Crippen LogP contribution in [0.4, 0.5) is 0 Å². The molecule has 0 aliphatic rings. The van der Waals surface area contributed by atoms with E-state index >= 15 is 0 Å². The molecule has 0 fully saturated rings. The van der Waals surface area contributed by atoms with Gasteiger partial charge in [-0.05, 0) is 30.7 Å². The van der Waals surface area contributed by atoms with Gasteiger partial charge in [0.25, 0.3) is 0 Å². The average Bonchev–Trinajstić information content (AvgIpc) is 2.25. The van der Waals surface area contributed by atoms with Gasteiger partial charge in [0, 0.05) is 20.0 Å². The lowest BCUT2D eigenvalue weighted by Gasteiger charge is -2.18. The summed E-state index contributed by atoms with van der Waals surface area (Å²) in [5.74, 6) is 1.73. The molecule has 0 aromatic rings. The van der Waals surface area contributed by atoms with Gasteiger partial charge in [-0.1, -0.05) is 44.8 Å². The summed E-state index contributed by atoms with van der Waals surface area (Å²) in [6.45, 7) is 13.3. The van der Waals surface area contributed by atoms with Crippen LogP contribution in [0.1, 0.15) is 33.1 Å². The van der Waals surface area contributed by atoms with Crippen LogP contribution in [-0.2, 0) is 0 Å². The number of hydrogen-bond acceptors (Lipinski definition) is 3. The number of allylic oxidation sites excluding steroid dienone is 1. The van der Waals surface area contributed by atoms with Gasteiger partial charge in [-0.2, -0.15) is 0 Å². The van der Waals surface area contributed by atoms with Gasteiger partial charge >= 0.3 is 0 Å². The van der Waals surface area contributed by atoms with E-state index in [9.17, 15) is 0 Å². The van der Waals surface area contributed by atoms with Crippen LogP contribution in [0.2, 0.25) is 0 Å². The van der Waals surface area contributed by atoms with Crippen LogP contribution in [0.5, 0.6) is 0 Å². The Balaban J connectivity index is 3.79. The van der Waals surface area contributed by atoms with E-state index in [0.29, 0.717) is 5.92 Å². The van der Waals surface area contributed by atoms with Crippen LogP contribution in [0.25, 0.3) is 0 Å². The summed E-state index contributed by atoms with van der Waals surface area (Å²) in [6.07, 6.45) is 5.02. The molecule has 0 rings (SSSR count). The topological polar surface area (TPSA) is 3.24 Å². The lowest BCUT2D eigenvalue weighted by atomic mass is 9.97. The number of rotatable bonds is 9. The molecule has 0 aromatic carbocycles. The minimum atomic E-state index is 0.666. The Morgan fingerprint density at radius 1 is 1.53 bits per heavy atom. The Bertz CT molecular complexity index is 261. The number of thiocarbonyl (C=S) groups is 1. The van der Waals surface area contributed by atoms with Crippen molar-refractivity contribution >= 4 is 28.2 Å². The first kappa shape index (κ1) is 16.7. The van der Waals surface area contributed by atoms with E-state index in [2.05, 4.69) is 39.0 Å². The lowest BCUT2D eigenvalue weighted by molar-refractivity contribution is 0.390. The summed E-state index contributed by atoms with van der Waals surface area (Å²) in [5, 5.41) is 0. The molecule has 0 N–H and O–H groups in total. The molecule has 0 aliphatic heterocycles. The summed E-state index contributed by atoms with van der Waals surface area (Å²) >= 11 is 7.05. The third-order valence-corrected chi connectivity index (χ3v) is 3.88. The molecule has 0 amide bonds. The highest BCUT2D eigenvalue weighted by atomic mass is 32.2. The fourth-order valence-corrected chi connectivity index (χ4v) is 2.78. The van der Waals surface area contributed by atoms with E-state index in [0.717, 1.165) is 29.3 Å². The van der Waals surface area contributed by atoms with Gasteiger partial charge in [-0.15, -0.1) is 11.8 Å². The van der Waals surface area contributed by atoms with Gasteiger partial charge in [-0.25, -0.2) is 0 Å². The smallest absolute Gasteiger partial charge is 0.0518 e. The van der Waals surface area contributed by atoms with Crippen LogP contribution >= 0.6 is 24.0 Å². The van der Waals surface area contributed by atoms with E-state index in [-0.39, 0.29) is 0 Å². The molecule has 1 nitrogen and oxygen atoms in total. The number of thioether (sulfide) groups is 1. The molecule has 0 heterocycles. The van der Waals surface area contributed by atoms with Crippen LogP contribution < -0.4 is 0 Å². The highest BCUT2D eigenvalue weighted by Gasteiger charge is 2.07. The molecule has 0 saturated heterocycles. The number of hydrogen-bond donors (Lipinski definition) is 0. The van der Waals surface area contributed by atoms with Gasteiger partial charge in [0.05, 0.1) is 4.20 Å². The molecule has 98 valence electrons. The quantitative estimate of drug-likeness (QED) is 0.449. The predicted octanol–water partition coefficient (Wildman–Crippen LogP) is 4.50. The maximum Gasteiger partial charge on any atom is 0.0518 e. The molecule has 0 aliphatic carbocycles. The summed E-state index contributed by atoms with van der Waals surface area (Å²) in [5.41, 5.74) is 1.27. The van der Waals surface area contributed by atoms with Crippen molar-refractivity contribution in [2.24, 2.45) is 5.92 Å². The van der Waals surface area contributed by atoms with Crippen molar-refractivity contribution in [1.29, 1.82) is 0 Å². The van der Waals surface area contributed by atoms with Crippen LogP contribution in [0, 0.1) is 5.92 Å². The highest BCUT2D eigenvalue weighted by Crippen LogP contribution is 2.20. The Morgan fingerprint density at radius 3 is 2.71 bits per heavy atom. The number of nitrogens with zero attached hydrogens (tertiary/aromatic N) is 1. The second-order valence-electron chi connectivity index (χ2n) is 4.49. The van der Waals surface area contributed by atoms with Crippen molar-refractivity contribution in [2.75, 3.05) is 19.3 Å². The van der Waals surface area contributed by atoms with Gasteiger partial charge < -0.3 is 4.90 Å². The van der Waals surface area contributed by atoms with E-state index in [1.165, 1.54) is 12.0 Å². The van der Waals surface area contributed by atoms with Crippen LogP contribution in [-0.4, -0.2) is 28.4 Å². The van der Waals surface area contributed by atoms with Crippen molar-refractivity contribution in [3.8, 4) is 0 Å². The molecule has 0 saturated carbocycles. The summed E-state index contributed by atoms with van der Waals surface area (Å²) in [4.78, 5) is 2.12. The van der Waals surface area contributed by atoms with Crippen molar-refractivity contribution in [1.82, 2.24) is 4.90 Å². The Morgan fingerprint density at radius 2 is 2.18 bits per heavy atom. The van der Waals surface area contributed by atoms with Gasteiger partial charge in [-0.3, -0.25) is 0 Å². The third kappa shape index (κ3) is 9.42. The third-order valence-electron chi connectivity index (χ3n) is 2.62. The Hall–Kier alpha value is -0.280. The molecule has 1 unspecified atom stereocenters. The van der Waals surface area contributed by atoms with E-state index in [1.54, 1.807) is 11.8 Å². The SMILES string of the molecule is C=CN(C)CCC(C)CC(=C)CC(=S)SCC. The molecule has 0 radical (unpaired) electrons. The minimum absolute atomic E-state index is 0.666. The van der Waals surface area contributed by atoms with E-state index in [4.69, 9.17) is 12.2 Å². The molecular formula is C14H25NS2. The lowest BCUT2D eigenvalue weighted by Crippen LogP contribution is -2.14. The minimum Gasteiger partial charge on any atom is -0.381 e. The molecule has 17 heavy (non-hydrogen) atoms. The van der Waals surface area contributed by atoms with Crippen LogP contribution in [0.15, 0.2) is 24.9 Å². The van der Waals surface area contributed by atoms with Crippen molar-refractivity contribution < 1.29 is 0 Å². The zero-order valence-electron chi connectivity index (χ0n) is 11.4. The molecule has 0 aromatic heterocycles. The summed E-state index contributed by atoms with van der Waals surface area (Å²) in [7, 11) is 2.06. The molecule has 0 bridgehead atoms. The highest BCUT2D eigenvalue weighted by molar-refractivity contribution is 8.23. The normalized spacial score (nSPS) is 11.9. The largest absolute Gasteiger partial charge is 0.381 e. The first-order valence-corrected chi connectivity index (χ1v) is 7.54. The monoisotopic (exact) mass is 271 g/mol. The van der Waals surface area contributed by atoms with E-state index in [1.807, 2.05) is 6.20 Å². The average molecular weight is 271 g/mol. The maximum absolute atomic E-state index is 5.29. The molecule has 1 atom stereocenters. The molecular weight excluding hydrogens is 246 g/mol. The fraction of sp³-hybridized carbons (Fsp3) is 0.643. The standard InChI is InChI=1S/C14H25NS2/c1-6-15(5)9-8-12(3)10-13(4)11-14(16)17-7-2/h6,12H,1,4,7-11H2,2-3,5H3. The maximum atomic E-state index is 5.29. The summed E-state index contributed by atoms with van der Waals surface area (Å²) < 4.78 is 1.08. The fourth-order valence-electron chi connectivity index (χ4n) is 1.60. The second kappa shape index (κ2) is 9.72. The van der Waals surface area contributed by atoms with Gasteiger partial charge in [0.15, 0.2) is 0 Å². The van der Waals surface area contributed by atoms with Crippen LogP contribution in [0.3, 0.4) is 0 Å². The second-order valence-corrected chi connectivity index (χ2v) is 6.60. The Labute approximate surface area is 116 Å². The van der Waals surface area contributed by atoms with Gasteiger partial charge in [0.2, 0.25) is 0 Å². The first-order chi connectivity index (χ1) is 7.99. The predicted molar refractivity (Wildman–Crippen MR) is 85.7 cm³/mol. The van der Waals surface area contributed by atoms with E-state index < -0.39 is 0 Å². The molecule has 3 heteroatoms. The van der Waals surface area contributed by atoms with Crippen molar-refractivity contribution in [3.63, 3.8) is 0 Å². The van der Waals surface area contributed by atoms with Gasteiger partial charge in [0.1, 0.15) is 0 Å². The van der Waals surface area contributed by atoms with Crippen molar-refractivity contribution in [3.05, 3.63) is 24.9 Å². The first-order valence-electron chi connectivity index (χ1n) is 6.14. The molecule has 0 spiro atoms. The van der Waals surface area contributed by atoms with Crippen molar-refractivity contribution in [2.45, 2.75) is 33.1 Å².